The predicted octanol–water partition coefficient (Wildman–Crippen LogP) is 1.65. The van der Waals surface area contributed by atoms with Crippen molar-refractivity contribution in [3.05, 3.63) is 42.0 Å². The second kappa shape index (κ2) is 5.72. The standard InChI is InChI=1S/C13H18N4O2S/c1-10(2)17-9-13(11(3)16-17)20(18,19)15-8-12-5-4-6-14-7-12/h4-7,9-10,15H,8H2,1-3H3. The molecule has 2 rings (SSSR count). The molecule has 0 unspecified atom stereocenters. The Morgan fingerprint density at radius 3 is 2.70 bits per heavy atom. The van der Waals surface area contributed by atoms with Crippen LogP contribution in [0.3, 0.4) is 0 Å². The van der Waals surface area contributed by atoms with Gasteiger partial charge in [-0.3, -0.25) is 9.67 Å². The highest BCUT2D eigenvalue weighted by Gasteiger charge is 2.20. The maximum atomic E-state index is 12.3. The fraction of sp³-hybridized carbons (Fsp3) is 0.385. The molecule has 0 aliphatic carbocycles. The molecule has 20 heavy (non-hydrogen) atoms. The molecule has 7 heteroatoms. The fourth-order valence-electron chi connectivity index (χ4n) is 1.75. The van der Waals surface area contributed by atoms with E-state index in [4.69, 9.17) is 0 Å². The molecule has 6 nitrogen and oxygen atoms in total. The van der Waals surface area contributed by atoms with Crippen molar-refractivity contribution >= 4 is 10.0 Å². The van der Waals surface area contributed by atoms with Gasteiger partial charge in [0, 0.05) is 31.2 Å². The van der Waals surface area contributed by atoms with Gasteiger partial charge in [0.1, 0.15) is 4.90 Å². The van der Waals surface area contributed by atoms with Crippen LogP contribution in [0, 0.1) is 6.92 Å². The van der Waals surface area contributed by atoms with Gasteiger partial charge in [-0.25, -0.2) is 13.1 Å². The molecule has 0 fully saturated rings. The smallest absolute Gasteiger partial charge is 0.244 e. The lowest BCUT2D eigenvalue weighted by Crippen LogP contribution is -2.23. The molecule has 0 amide bonds. The molecular formula is C13H18N4O2S. The Balaban J connectivity index is 2.18. The first-order chi connectivity index (χ1) is 9.40. The second-order valence-corrected chi connectivity index (χ2v) is 6.57. The van der Waals surface area contributed by atoms with Crippen molar-refractivity contribution in [3.8, 4) is 0 Å². The zero-order valence-electron chi connectivity index (χ0n) is 11.7. The molecule has 0 aliphatic rings. The number of hydrogen-bond acceptors (Lipinski definition) is 4. The lowest BCUT2D eigenvalue weighted by molar-refractivity contribution is 0.528. The van der Waals surface area contributed by atoms with Crippen LogP contribution in [-0.2, 0) is 16.6 Å². The minimum absolute atomic E-state index is 0.121. The van der Waals surface area contributed by atoms with Crippen molar-refractivity contribution in [3.63, 3.8) is 0 Å². The van der Waals surface area contributed by atoms with Gasteiger partial charge in [0.15, 0.2) is 0 Å². The molecule has 0 aliphatic heterocycles. The highest BCUT2D eigenvalue weighted by molar-refractivity contribution is 7.89. The van der Waals surface area contributed by atoms with Crippen LogP contribution in [0.5, 0.6) is 0 Å². The topological polar surface area (TPSA) is 76.9 Å². The molecule has 0 radical (unpaired) electrons. The van der Waals surface area contributed by atoms with Crippen molar-refractivity contribution in [1.82, 2.24) is 19.5 Å². The van der Waals surface area contributed by atoms with E-state index in [-0.39, 0.29) is 17.5 Å². The van der Waals surface area contributed by atoms with Crippen LogP contribution in [0.2, 0.25) is 0 Å². The molecule has 2 aromatic rings. The lowest BCUT2D eigenvalue weighted by atomic mass is 10.3. The average molecular weight is 294 g/mol. The summed E-state index contributed by atoms with van der Waals surface area (Å²) in [5, 5.41) is 4.22. The van der Waals surface area contributed by atoms with E-state index in [1.54, 1.807) is 36.3 Å². The van der Waals surface area contributed by atoms with Gasteiger partial charge >= 0.3 is 0 Å². The minimum Gasteiger partial charge on any atom is -0.269 e. The number of nitrogens with one attached hydrogen (secondary N) is 1. The van der Waals surface area contributed by atoms with E-state index in [1.807, 2.05) is 19.9 Å². The summed E-state index contributed by atoms with van der Waals surface area (Å²) in [6.45, 7) is 5.80. The summed E-state index contributed by atoms with van der Waals surface area (Å²) in [4.78, 5) is 4.17. The zero-order chi connectivity index (χ0) is 14.8. The Morgan fingerprint density at radius 1 is 1.40 bits per heavy atom. The van der Waals surface area contributed by atoms with Crippen molar-refractivity contribution in [2.24, 2.45) is 0 Å². The molecule has 1 N–H and O–H groups in total. The van der Waals surface area contributed by atoms with Crippen LogP contribution in [0.15, 0.2) is 35.6 Å². The number of hydrogen-bond donors (Lipinski definition) is 1. The van der Waals surface area contributed by atoms with E-state index >= 15 is 0 Å². The van der Waals surface area contributed by atoms with Gasteiger partial charge in [-0.05, 0) is 32.4 Å². The first kappa shape index (κ1) is 14.7. The maximum absolute atomic E-state index is 12.3. The first-order valence-electron chi connectivity index (χ1n) is 6.34. The summed E-state index contributed by atoms with van der Waals surface area (Å²) in [6.07, 6.45) is 4.84. The SMILES string of the molecule is Cc1nn(C(C)C)cc1S(=O)(=O)NCc1cccnc1. The van der Waals surface area contributed by atoms with Gasteiger partial charge in [0.2, 0.25) is 10.0 Å². The molecule has 0 saturated heterocycles. The zero-order valence-corrected chi connectivity index (χ0v) is 12.6. The maximum Gasteiger partial charge on any atom is 0.244 e. The molecule has 0 bridgehead atoms. The number of nitrogens with zero attached hydrogens (tertiary/aromatic N) is 3. The Hall–Kier alpha value is -1.73. The summed E-state index contributed by atoms with van der Waals surface area (Å²) < 4.78 is 28.8. The average Bonchev–Trinajstić information content (AvgIpc) is 2.81. The summed E-state index contributed by atoms with van der Waals surface area (Å²) in [7, 11) is -3.56. The molecule has 108 valence electrons. The fourth-order valence-corrected chi connectivity index (χ4v) is 2.94. The summed E-state index contributed by atoms with van der Waals surface area (Å²) >= 11 is 0. The third kappa shape index (κ3) is 3.23. The molecule has 0 atom stereocenters. The van der Waals surface area contributed by atoms with Gasteiger partial charge in [0.25, 0.3) is 0 Å². The minimum atomic E-state index is -3.56. The molecule has 2 heterocycles. The number of pyridine rings is 1. The number of sulfonamides is 1. The van der Waals surface area contributed by atoms with E-state index in [2.05, 4.69) is 14.8 Å². The Kier molecular flexibility index (Phi) is 4.20. The van der Waals surface area contributed by atoms with Crippen LogP contribution in [0.4, 0.5) is 0 Å². The van der Waals surface area contributed by atoms with E-state index in [0.29, 0.717) is 5.69 Å². The number of aromatic nitrogens is 3. The molecular weight excluding hydrogens is 276 g/mol. The normalized spacial score (nSPS) is 12.0. The number of aryl methyl sites for hydroxylation is 1. The highest BCUT2D eigenvalue weighted by Crippen LogP contribution is 2.16. The molecule has 2 aromatic heterocycles. The van der Waals surface area contributed by atoms with Crippen LogP contribution in [-0.4, -0.2) is 23.2 Å². The molecule has 0 saturated carbocycles. The Bertz CT molecular complexity index is 678. The number of rotatable bonds is 5. The summed E-state index contributed by atoms with van der Waals surface area (Å²) in [6, 6.07) is 3.71. The van der Waals surface area contributed by atoms with Gasteiger partial charge < -0.3 is 0 Å². The Labute approximate surface area is 118 Å². The Morgan fingerprint density at radius 2 is 2.15 bits per heavy atom. The van der Waals surface area contributed by atoms with Gasteiger partial charge in [0.05, 0.1) is 5.69 Å². The van der Waals surface area contributed by atoms with E-state index in [1.165, 1.54) is 0 Å². The van der Waals surface area contributed by atoms with Crippen LogP contribution >= 0.6 is 0 Å². The first-order valence-corrected chi connectivity index (χ1v) is 7.83. The summed E-state index contributed by atoms with van der Waals surface area (Å²) in [5.41, 5.74) is 1.31. The van der Waals surface area contributed by atoms with Crippen molar-refractivity contribution in [2.75, 3.05) is 0 Å². The molecule has 0 spiro atoms. The van der Waals surface area contributed by atoms with Gasteiger partial charge in [-0.1, -0.05) is 6.07 Å². The monoisotopic (exact) mass is 294 g/mol. The van der Waals surface area contributed by atoms with E-state index in [9.17, 15) is 8.42 Å². The van der Waals surface area contributed by atoms with Crippen LogP contribution in [0.25, 0.3) is 0 Å². The van der Waals surface area contributed by atoms with Gasteiger partial charge in [-0.2, -0.15) is 5.10 Å². The quantitative estimate of drug-likeness (QED) is 0.909. The third-order valence-electron chi connectivity index (χ3n) is 2.88. The second-order valence-electron chi connectivity index (χ2n) is 4.84. The third-order valence-corrected chi connectivity index (χ3v) is 4.38. The predicted molar refractivity (Wildman–Crippen MR) is 75.6 cm³/mol. The lowest BCUT2D eigenvalue weighted by Gasteiger charge is -2.05. The van der Waals surface area contributed by atoms with E-state index < -0.39 is 10.0 Å². The van der Waals surface area contributed by atoms with Crippen molar-refractivity contribution < 1.29 is 8.42 Å². The van der Waals surface area contributed by atoms with Crippen molar-refractivity contribution in [2.45, 2.75) is 38.3 Å². The summed E-state index contributed by atoms with van der Waals surface area (Å²) in [5.74, 6) is 0. The molecule has 0 aromatic carbocycles. The van der Waals surface area contributed by atoms with Crippen LogP contribution in [0.1, 0.15) is 31.1 Å². The van der Waals surface area contributed by atoms with Crippen LogP contribution < -0.4 is 4.72 Å². The van der Waals surface area contributed by atoms with E-state index in [0.717, 1.165) is 5.56 Å². The largest absolute Gasteiger partial charge is 0.269 e. The van der Waals surface area contributed by atoms with Gasteiger partial charge in [-0.15, -0.1) is 0 Å². The van der Waals surface area contributed by atoms with Crippen molar-refractivity contribution in [1.29, 1.82) is 0 Å². The highest BCUT2D eigenvalue weighted by atomic mass is 32.2.